The summed E-state index contributed by atoms with van der Waals surface area (Å²) in [6, 6.07) is 0. The van der Waals surface area contributed by atoms with Crippen molar-refractivity contribution in [3.8, 4) is 0 Å². The Bertz CT molecular complexity index is 364. The lowest BCUT2D eigenvalue weighted by atomic mass is 9.90. The third kappa shape index (κ3) is 5.18. The molecule has 4 heteroatoms. The Kier molecular flexibility index (Phi) is 6.00. The lowest BCUT2D eigenvalue weighted by Crippen LogP contribution is -2.19. The Labute approximate surface area is 102 Å². The largest absolute Gasteiger partial charge is 0.465 e. The summed E-state index contributed by atoms with van der Waals surface area (Å²) in [4.78, 5) is 22.9. The summed E-state index contributed by atoms with van der Waals surface area (Å²) >= 11 is 0. The third-order valence-corrected chi connectivity index (χ3v) is 1.95. The van der Waals surface area contributed by atoms with Gasteiger partial charge < -0.3 is 9.47 Å². The molecule has 4 nitrogen and oxygen atoms in total. The van der Waals surface area contributed by atoms with Crippen molar-refractivity contribution in [3.05, 3.63) is 29.5 Å². The molecule has 0 spiro atoms. The van der Waals surface area contributed by atoms with Crippen molar-refractivity contribution in [1.29, 1.82) is 0 Å². The molecular weight excluding hydrogens is 220 g/mol. The van der Waals surface area contributed by atoms with E-state index in [9.17, 15) is 9.59 Å². The van der Waals surface area contributed by atoms with Gasteiger partial charge in [0.25, 0.3) is 0 Å². The smallest absolute Gasteiger partial charge is 0.344 e. The highest BCUT2D eigenvalue weighted by Crippen LogP contribution is 2.21. The van der Waals surface area contributed by atoms with Crippen molar-refractivity contribution >= 4 is 11.9 Å². The first-order chi connectivity index (χ1) is 7.87. The maximum absolute atomic E-state index is 11.4. The highest BCUT2D eigenvalue weighted by atomic mass is 16.5. The van der Waals surface area contributed by atoms with Gasteiger partial charge in [0.05, 0.1) is 14.2 Å². The van der Waals surface area contributed by atoms with E-state index >= 15 is 0 Å². The maximum atomic E-state index is 11.4. The molecule has 0 rings (SSSR count). The van der Waals surface area contributed by atoms with Crippen molar-refractivity contribution in [1.82, 2.24) is 0 Å². The van der Waals surface area contributed by atoms with Gasteiger partial charge >= 0.3 is 11.9 Å². The van der Waals surface area contributed by atoms with Gasteiger partial charge in [0.15, 0.2) is 0 Å². The number of ether oxygens (including phenoxy) is 2. The first kappa shape index (κ1) is 15.2. The van der Waals surface area contributed by atoms with Gasteiger partial charge in [-0.25, -0.2) is 9.59 Å². The van der Waals surface area contributed by atoms with Gasteiger partial charge in [-0.05, 0) is 19.1 Å². The summed E-state index contributed by atoms with van der Waals surface area (Å²) in [7, 11) is 2.43. The van der Waals surface area contributed by atoms with E-state index in [0.717, 1.165) is 0 Å². The Morgan fingerprint density at radius 1 is 1.12 bits per heavy atom. The number of hydrogen-bond acceptors (Lipinski definition) is 4. The van der Waals surface area contributed by atoms with Crippen LogP contribution in [0.1, 0.15) is 20.8 Å². The summed E-state index contributed by atoms with van der Waals surface area (Å²) in [5.74, 6) is -1.42. The molecule has 0 aromatic rings. The normalized spacial score (nSPS) is 9.71. The number of allylic oxidation sites excluding steroid dienone is 2. The molecule has 0 amide bonds. The molecule has 0 saturated carbocycles. The molecule has 0 aliphatic carbocycles. The molecular formula is C13H18O4. The zero-order valence-electron chi connectivity index (χ0n) is 10.9. The van der Waals surface area contributed by atoms with E-state index in [1.165, 1.54) is 20.3 Å². The number of carbonyl (C=O) groups is 2. The van der Waals surface area contributed by atoms with Crippen molar-refractivity contribution < 1.29 is 19.1 Å². The molecule has 17 heavy (non-hydrogen) atoms. The molecule has 0 bridgehead atoms. The molecule has 0 atom stereocenters. The Morgan fingerprint density at radius 2 is 1.59 bits per heavy atom. The van der Waals surface area contributed by atoms with Crippen LogP contribution < -0.4 is 0 Å². The van der Waals surface area contributed by atoms with Crippen molar-refractivity contribution in [3.63, 3.8) is 0 Å². The van der Waals surface area contributed by atoms with Gasteiger partial charge in [-0.1, -0.05) is 19.9 Å². The second kappa shape index (κ2) is 6.71. The van der Waals surface area contributed by atoms with Gasteiger partial charge in [0.1, 0.15) is 5.57 Å². The first-order valence-corrected chi connectivity index (χ1v) is 5.15. The van der Waals surface area contributed by atoms with Crippen LogP contribution in [0.5, 0.6) is 0 Å². The zero-order valence-corrected chi connectivity index (χ0v) is 10.9. The van der Waals surface area contributed by atoms with Crippen molar-refractivity contribution in [2.24, 2.45) is 5.41 Å². The van der Waals surface area contributed by atoms with E-state index in [1.54, 1.807) is 12.2 Å². The van der Waals surface area contributed by atoms with Crippen LogP contribution in [0.2, 0.25) is 0 Å². The van der Waals surface area contributed by atoms with Crippen LogP contribution in [0.15, 0.2) is 29.5 Å². The van der Waals surface area contributed by atoms with E-state index in [2.05, 4.69) is 15.2 Å². The SMILES string of the molecule is CC=C=CC(C)(C)C=C(C(=O)OC)C(=O)OC. The van der Waals surface area contributed by atoms with Crippen LogP contribution in [-0.2, 0) is 19.1 Å². The number of methoxy groups -OCH3 is 2. The molecule has 0 radical (unpaired) electrons. The van der Waals surface area contributed by atoms with Gasteiger partial charge in [-0.15, -0.1) is 5.73 Å². The fraction of sp³-hybridized carbons (Fsp3) is 0.462. The van der Waals surface area contributed by atoms with E-state index in [0.29, 0.717) is 0 Å². The van der Waals surface area contributed by atoms with Gasteiger partial charge in [-0.3, -0.25) is 0 Å². The average Bonchev–Trinajstić information content (AvgIpc) is 2.31. The molecule has 0 aliphatic rings. The molecule has 0 saturated heterocycles. The highest BCUT2D eigenvalue weighted by Gasteiger charge is 2.23. The summed E-state index contributed by atoms with van der Waals surface area (Å²) in [5.41, 5.74) is 2.30. The minimum atomic E-state index is -0.709. The molecule has 0 N–H and O–H groups in total. The predicted octanol–water partition coefficient (Wildman–Crippen LogP) is 2.02. The number of hydrogen-bond donors (Lipinski definition) is 0. The minimum absolute atomic E-state index is 0.117. The predicted molar refractivity (Wildman–Crippen MR) is 64.2 cm³/mol. The maximum Gasteiger partial charge on any atom is 0.344 e. The lowest BCUT2D eigenvalue weighted by molar-refractivity contribution is -0.144. The molecule has 0 fully saturated rings. The number of carbonyl (C=O) groups excluding carboxylic acids is 2. The van der Waals surface area contributed by atoms with Crippen LogP contribution in [0, 0.1) is 5.41 Å². The Balaban J connectivity index is 5.38. The quantitative estimate of drug-likeness (QED) is 0.247. The fourth-order valence-electron chi connectivity index (χ4n) is 1.13. The number of esters is 2. The Hall–Kier alpha value is -1.80. The second-order valence-corrected chi connectivity index (χ2v) is 3.96. The highest BCUT2D eigenvalue weighted by molar-refractivity contribution is 6.14. The minimum Gasteiger partial charge on any atom is -0.465 e. The monoisotopic (exact) mass is 238 g/mol. The summed E-state index contributed by atoms with van der Waals surface area (Å²) in [5, 5.41) is 0. The summed E-state index contributed by atoms with van der Waals surface area (Å²) in [6.45, 7) is 5.52. The van der Waals surface area contributed by atoms with Crippen LogP contribution in [0.4, 0.5) is 0 Å². The van der Waals surface area contributed by atoms with Crippen LogP contribution in [-0.4, -0.2) is 26.2 Å². The molecule has 0 aromatic carbocycles. The average molecular weight is 238 g/mol. The molecule has 94 valence electrons. The first-order valence-electron chi connectivity index (χ1n) is 5.15. The second-order valence-electron chi connectivity index (χ2n) is 3.96. The van der Waals surface area contributed by atoms with Crippen LogP contribution in [0.25, 0.3) is 0 Å². The zero-order chi connectivity index (χ0) is 13.5. The third-order valence-electron chi connectivity index (χ3n) is 1.95. The van der Waals surface area contributed by atoms with Gasteiger partial charge in [-0.2, -0.15) is 0 Å². The molecule has 0 aromatic heterocycles. The van der Waals surface area contributed by atoms with E-state index in [4.69, 9.17) is 0 Å². The van der Waals surface area contributed by atoms with Crippen molar-refractivity contribution in [2.75, 3.05) is 14.2 Å². The molecule has 0 heterocycles. The van der Waals surface area contributed by atoms with E-state index in [-0.39, 0.29) is 5.57 Å². The molecule has 0 unspecified atom stereocenters. The molecule has 0 aliphatic heterocycles. The topological polar surface area (TPSA) is 52.6 Å². The lowest BCUT2D eigenvalue weighted by Gasteiger charge is -2.15. The van der Waals surface area contributed by atoms with Crippen LogP contribution >= 0.6 is 0 Å². The van der Waals surface area contributed by atoms with Gasteiger partial charge in [0.2, 0.25) is 0 Å². The fourth-order valence-corrected chi connectivity index (χ4v) is 1.13. The number of rotatable bonds is 4. The van der Waals surface area contributed by atoms with Crippen LogP contribution in [0.3, 0.4) is 0 Å². The van der Waals surface area contributed by atoms with Crippen molar-refractivity contribution in [2.45, 2.75) is 20.8 Å². The van der Waals surface area contributed by atoms with E-state index in [1.807, 2.05) is 20.8 Å². The van der Waals surface area contributed by atoms with E-state index < -0.39 is 17.4 Å². The Morgan fingerprint density at radius 3 is 1.94 bits per heavy atom. The summed E-state index contributed by atoms with van der Waals surface area (Å²) in [6.07, 6.45) is 4.99. The standard InChI is InChI=1S/C13H18O4/c1-6-7-8-13(2,3)9-10(11(14)16-4)12(15)17-5/h6,8-9H,1-5H3. The van der Waals surface area contributed by atoms with Gasteiger partial charge in [0, 0.05) is 5.41 Å². The summed E-state index contributed by atoms with van der Waals surface area (Å²) < 4.78 is 9.07.